The maximum atomic E-state index is 6.25. The Balaban J connectivity index is 0.00000242. The lowest BCUT2D eigenvalue weighted by Crippen LogP contribution is -2.29. The Morgan fingerprint density at radius 2 is 1.73 bits per heavy atom. The molecule has 0 radical (unpaired) electrons. The molecule has 1 fully saturated rings. The molecule has 5 heteroatoms. The number of ether oxygens (including phenoxy) is 1. The zero-order valence-electron chi connectivity index (χ0n) is 13.2. The highest BCUT2D eigenvalue weighted by Gasteiger charge is 2.14. The monoisotopic (exact) mass is 365 g/mol. The van der Waals surface area contributed by atoms with E-state index in [2.05, 4.69) is 5.32 Å². The van der Waals surface area contributed by atoms with Crippen molar-refractivity contribution in [1.82, 2.24) is 5.32 Å². The zero-order valence-corrected chi connectivity index (χ0v) is 15.5. The fraction of sp³-hybridized carbons (Fsp3) is 0.647. The van der Waals surface area contributed by atoms with Crippen molar-refractivity contribution in [3.05, 3.63) is 27.7 Å². The Morgan fingerprint density at radius 1 is 1.09 bits per heavy atom. The van der Waals surface area contributed by atoms with Crippen molar-refractivity contribution < 1.29 is 4.74 Å². The lowest BCUT2D eigenvalue weighted by atomic mass is 9.96. The van der Waals surface area contributed by atoms with Crippen molar-refractivity contribution in [2.24, 2.45) is 0 Å². The number of benzene rings is 1. The molecule has 1 aromatic carbocycles. The molecule has 0 spiro atoms. The van der Waals surface area contributed by atoms with Gasteiger partial charge in [0.15, 0.2) is 0 Å². The topological polar surface area (TPSA) is 21.3 Å². The van der Waals surface area contributed by atoms with Gasteiger partial charge in [0, 0.05) is 23.2 Å². The summed E-state index contributed by atoms with van der Waals surface area (Å²) in [6, 6.07) is 4.29. The van der Waals surface area contributed by atoms with Gasteiger partial charge in [0.2, 0.25) is 0 Å². The predicted octanol–water partition coefficient (Wildman–Crippen LogP) is 6.02. The highest BCUT2D eigenvalue weighted by molar-refractivity contribution is 6.35. The van der Waals surface area contributed by atoms with Crippen LogP contribution < -0.4 is 10.1 Å². The van der Waals surface area contributed by atoms with Crippen LogP contribution in [0.5, 0.6) is 5.75 Å². The molecule has 0 atom stereocenters. The van der Waals surface area contributed by atoms with Gasteiger partial charge < -0.3 is 10.1 Å². The van der Waals surface area contributed by atoms with E-state index in [9.17, 15) is 0 Å². The number of halogens is 3. The van der Waals surface area contributed by atoms with E-state index in [-0.39, 0.29) is 12.4 Å². The largest absolute Gasteiger partial charge is 0.492 e. The second-order valence-corrected chi connectivity index (χ2v) is 6.58. The van der Waals surface area contributed by atoms with Crippen LogP contribution in [0.4, 0.5) is 0 Å². The molecule has 126 valence electrons. The van der Waals surface area contributed by atoms with Crippen molar-refractivity contribution in [2.75, 3.05) is 6.61 Å². The van der Waals surface area contributed by atoms with Crippen LogP contribution in [0.2, 0.25) is 10.0 Å². The van der Waals surface area contributed by atoms with E-state index in [0.717, 1.165) is 17.9 Å². The number of rotatable bonds is 5. The van der Waals surface area contributed by atoms with Gasteiger partial charge in [-0.15, -0.1) is 12.4 Å². The molecule has 2 rings (SSSR count). The summed E-state index contributed by atoms with van der Waals surface area (Å²) in [6.45, 7) is 3.34. The first-order valence-corrected chi connectivity index (χ1v) is 8.80. The maximum Gasteiger partial charge on any atom is 0.142 e. The Hall–Kier alpha value is -0.150. The van der Waals surface area contributed by atoms with E-state index < -0.39 is 0 Å². The highest BCUT2D eigenvalue weighted by atomic mass is 35.5. The van der Waals surface area contributed by atoms with Gasteiger partial charge in [-0.2, -0.15) is 0 Å². The first-order chi connectivity index (χ1) is 10.2. The molecule has 2 nitrogen and oxygen atoms in total. The smallest absolute Gasteiger partial charge is 0.142 e. The van der Waals surface area contributed by atoms with E-state index in [1.165, 1.54) is 44.9 Å². The number of hydrogen-bond acceptors (Lipinski definition) is 2. The minimum absolute atomic E-state index is 0. The highest BCUT2D eigenvalue weighted by Crippen LogP contribution is 2.32. The van der Waals surface area contributed by atoms with E-state index in [0.29, 0.717) is 22.7 Å². The summed E-state index contributed by atoms with van der Waals surface area (Å²) in [6.07, 6.45) is 9.30. The molecule has 1 aromatic rings. The van der Waals surface area contributed by atoms with Crippen LogP contribution in [0.1, 0.15) is 57.4 Å². The molecule has 0 unspecified atom stereocenters. The summed E-state index contributed by atoms with van der Waals surface area (Å²) in [5.41, 5.74) is 1.05. The van der Waals surface area contributed by atoms with Gasteiger partial charge in [-0.25, -0.2) is 0 Å². The second kappa shape index (κ2) is 10.6. The molecule has 0 aliphatic heterocycles. The molecular weight excluding hydrogens is 341 g/mol. The van der Waals surface area contributed by atoms with Crippen LogP contribution in [-0.4, -0.2) is 12.6 Å². The van der Waals surface area contributed by atoms with Gasteiger partial charge in [0.1, 0.15) is 5.75 Å². The van der Waals surface area contributed by atoms with Crippen LogP contribution in [-0.2, 0) is 6.54 Å². The third-order valence-corrected chi connectivity index (χ3v) is 4.56. The van der Waals surface area contributed by atoms with E-state index >= 15 is 0 Å². The number of nitrogens with one attached hydrogen (secondary N) is 1. The van der Waals surface area contributed by atoms with Crippen LogP contribution in [0, 0.1) is 0 Å². The third-order valence-electron chi connectivity index (χ3n) is 4.06. The van der Waals surface area contributed by atoms with Gasteiger partial charge >= 0.3 is 0 Å². The van der Waals surface area contributed by atoms with Crippen molar-refractivity contribution >= 4 is 35.6 Å². The third kappa shape index (κ3) is 6.16. The molecule has 1 saturated carbocycles. The van der Waals surface area contributed by atoms with Gasteiger partial charge in [-0.05, 0) is 31.9 Å². The van der Waals surface area contributed by atoms with Gasteiger partial charge in [-0.1, -0.05) is 55.3 Å². The molecule has 1 aliphatic carbocycles. The molecule has 0 heterocycles. The Kier molecular flexibility index (Phi) is 9.58. The minimum atomic E-state index is 0. The van der Waals surface area contributed by atoms with E-state index in [4.69, 9.17) is 27.9 Å². The Labute approximate surface area is 150 Å². The molecule has 1 aliphatic rings. The summed E-state index contributed by atoms with van der Waals surface area (Å²) >= 11 is 12.4. The van der Waals surface area contributed by atoms with E-state index in [1.807, 2.05) is 13.0 Å². The van der Waals surface area contributed by atoms with Gasteiger partial charge in [0.25, 0.3) is 0 Å². The van der Waals surface area contributed by atoms with E-state index in [1.54, 1.807) is 6.07 Å². The van der Waals surface area contributed by atoms with Crippen LogP contribution in [0.15, 0.2) is 12.1 Å². The molecular formula is C17H26Cl3NO. The second-order valence-electron chi connectivity index (χ2n) is 5.73. The molecule has 1 N–H and O–H groups in total. The fourth-order valence-electron chi connectivity index (χ4n) is 2.97. The lowest BCUT2D eigenvalue weighted by molar-refractivity contribution is 0.332. The maximum absolute atomic E-state index is 6.25. The molecule has 0 saturated heterocycles. The summed E-state index contributed by atoms with van der Waals surface area (Å²) < 4.78 is 5.68. The summed E-state index contributed by atoms with van der Waals surface area (Å²) in [4.78, 5) is 0. The first-order valence-electron chi connectivity index (χ1n) is 8.04. The minimum Gasteiger partial charge on any atom is -0.492 e. The Morgan fingerprint density at radius 3 is 2.36 bits per heavy atom. The summed E-state index contributed by atoms with van der Waals surface area (Å²) in [7, 11) is 0. The predicted molar refractivity (Wildman–Crippen MR) is 97.8 cm³/mol. The standard InChI is InChI=1S/C17H25Cl2NO.ClH/c1-2-21-17-13(10-14(18)11-16(17)19)12-20-15-8-6-4-3-5-7-9-15;/h10-11,15,20H,2-9,12H2,1H3;1H. The quantitative estimate of drug-likeness (QED) is 0.688. The van der Waals surface area contributed by atoms with Crippen molar-refractivity contribution in [1.29, 1.82) is 0 Å². The van der Waals surface area contributed by atoms with Crippen molar-refractivity contribution in [2.45, 2.75) is 64.5 Å². The molecule has 0 amide bonds. The fourth-order valence-corrected chi connectivity index (χ4v) is 3.56. The van der Waals surface area contributed by atoms with Gasteiger partial charge in [0.05, 0.1) is 11.6 Å². The SMILES string of the molecule is CCOc1c(Cl)cc(Cl)cc1CNC1CCCCCCC1.Cl. The van der Waals surface area contributed by atoms with Gasteiger partial charge in [-0.3, -0.25) is 0 Å². The zero-order chi connectivity index (χ0) is 15.1. The number of hydrogen-bond donors (Lipinski definition) is 1. The van der Waals surface area contributed by atoms with Crippen molar-refractivity contribution in [3.63, 3.8) is 0 Å². The lowest BCUT2D eigenvalue weighted by Gasteiger charge is -2.22. The van der Waals surface area contributed by atoms with Crippen molar-refractivity contribution in [3.8, 4) is 5.75 Å². The summed E-state index contributed by atoms with van der Waals surface area (Å²) in [5.74, 6) is 0.766. The average Bonchev–Trinajstić information content (AvgIpc) is 2.41. The molecule has 0 bridgehead atoms. The summed E-state index contributed by atoms with van der Waals surface area (Å²) in [5, 5.41) is 4.92. The average molecular weight is 367 g/mol. The Bertz CT molecular complexity index is 446. The van der Waals surface area contributed by atoms with Crippen LogP contribution in [0.3, 0.4) is 0 Å². The van der Waals surface area contributed by atoms with Crippen LogP contribution in [0.25, 0.3) is 0 Å². The molecule has 22 heavy (non-hydrogen) atoms. The normalized spacial score (nSPS) is 16.5. The molecule has 0 aromatic heterocycles. The first kappa shape index (κ1) is 19.9. The van der Waals surface area contributed by atoms with Crippen LogP contribution >= 0.6 is 35.6 Å².